The number of hydrogen-bond acceptors (Lipinski definition) is 2. The second-order valence-electron chi connectivity index (χ2n) is 5.39. The standard InChI is InChI=1S/C16H26BrNO/c1-5-18-14(10-12(2)3)8-6-13-7-9-16(19-4)15(17)11-13/h7,9,11-12,14,18H,5-6,8,10H2,1-4H3. The second-order valence-corrected chi connectivity index (χ2v) is 6.25. The van der Waals surface area contributed by atoms with E-state index in [1.165, 1.54) is 18.4 Å². The van der Waals surface area contributed by atoms with Gasteiger partial charge in [0, 0.05) is 6.04 Å². The lowest BCUT2D eigenvalue weighted by atomic mass is 9.97. The molecule has 0 heterocycles. The molecule has 2 nitrogen and oxygen atoms in total. The van der Waals surface area contributed by atoms with Gasteiger partial charge in [0.1, 0.15) is 5.75 Å². The number of methoxy groups -OCH3 is 1. The largest absolute Gasteiger partial charge is 0.496 e. The molecule has 1 unspecified atom stereocenters. The molecular formula is C16H26BrNO. The minimum absolute atomic E-state index is 0.617. The van der Waals surface area contributed by atoms with Crippen LogP contribution in [0.2, 0.25) is 0 Å². The Morgan fingerprint density at radius 3 is 2.58 bits per heavy atom. The summed E-state index contributed by atoms with van der Waals surface area (Å²) in [5, 5.41) is 3.58. The van der Waals surface area contributed by atoms with Gasteiger partial charge in [-0.3, -0.25) is 0 Å². The van der Waals surface area contributed by atoms with Crippen LogP contribution < -0.4 is 10.1 Å². The van der Waals surface area contributed by atoms with E-state index < -0.39 is 0 Å². The molecule has 0 aliphatic heterocycles. The molecule has 1 N–H and O–H groups in total. The van der Waals surface area contributed by atoms with Crippen LogP contribution in [0.3, 0.4) is 0 Å². The van der Waals surface area contributed by atoms with E-state index in [4.69, 9.17) is 4.74 Å². The molecule has 3 heteroatoms. The number of ether oxygens (including phenoxy) is 1. The third-order valence-electron chi connectivity index (χ3n) is 3.25. The fourth-order valence-electron chi connectivity index (χ4n) is 2.37. The van der Waals surface area contributed by atoms with Crippen molar-refractivity contribution in [3.63, 3.8) is 0 Å². The molecule has 0 aliphatic carbocycles. The second kappa shape index (κ2) is 8.60. The monoisotopic (exact) mass is 327 g/mol. The number of rotatable bonds is 8. The Bertz CT molecular complexity index is 379. The van der Waals surface area contributed by atoms with Crippen molar-refractivity contribution in [3.8, 4) is 5.75 Å². The van der Waals surface area contributed by atoms with Crippen molar-refractivity contribution in [3.05, 3.63) is 28.2 Å². The van der Waals surface area contributed by atoms with Gasteiger partial charge in [-0.05, 0) is 65.4 Å². The van der Waals surface area contributed by atoms with E-state index in [-0.39, 0.29) is 0 Å². The Balaban J connectivity index is 2.55. The molecule has 1 atom stereocenters. The normalized spacial score (nSPS) is 12.7. The van der Waals surface area contributed by atoms with Gasteiger partial charge in [-0.15, -0.1) is 0 Å². The summed E-state index contributed by atoms with van der Waals surface area (Å²) in [6, 6.07) is 6.97. The van der Waals surface area contributed by atoms with Crippen LogP contribution in [0, 0.1) is 5.92 Å². The highest BCUT2D eigenvalue weighted by atomic mass is 79.9. The van der Waals surface area contributed by atoms with Crippen molar-refractivity contribution in [1.82, 2.24) is 5.32 Å². The zero-order valence-electron chi connectivity index (χ0n) is 12.5. The Labute approximate surface area is 126 Å². The van der Waals surface area contributed by atoms with Crippen LogP contribution in [0.15, 0.2) is 22.7 Å². The van der Waals surface area contributed by atoms with Crippen molar-refractivity contribution >= 4 is 15.9 Å². The maximum absolute atomic E-state index is 5.26. The van der Waals surface area contributed by atoms with Gasteiger partial charge in [0.05, 0.1) is 11.6 Å². The third kappa shape index (κ3) is 5.96. The summed E-state index contributed by atoms with van der Waals surface area (Å²) in [5.41, 5.74) is 1.36. The summed E-state index contributed by atoms with van der Waals surface area (Å²) in [6.07, 6.45) is 3.53. The molecule has 0 amide bonds. The van der Waals surface area contributed by atoms with Crippen LogP contribution in [-0.4, -0.2) is 19.7 Å². The van der Waals surface area contributed by atoms with Crippen molar-refractivity contribution < 1.29 is 4.74 Å². The van der Waals surface area contributed by atoms with Gasteiger partial charge in [0.2, 0.25) is 0 Å². The zero-order chi connectivity index (χ0) is 14.3. The fourth-order valence-corrected chi connectivity index (χ4v) is 2.96. The first-order chi connectivity index (χ1) is 9.06. The first-order valence-corrected chi connectivity index (χ1v) is 7.91. The van der Waals surface area contributed by atoms with Crippen molar-refractivity contribution in [2.75, 3.05) is 13.7 Å². The molecule has 0 saturated carbocycles. The lowest BCUT2D eigenvalue weighted by Gasteiger charge is -2.20. The molecular weight excluding hydrogens is 302 g/mol. The number of aryl methyl sites for hydroxylation is 1. The highest BCUT2D eigenvalue weighted by Crippen LogP contribution is 2.26. The molecule has 0 radical (unpaired) electrons. The van der Waals surface area contributed by atoms with Gasteiger partial charge in [0.25, 0.3) is 0 Å². The maximum atomic E-state index is 5.26. The van der Waals surface area contributed by atoms with Gasteiger partial charge in [-0.1, -0.05) is 26.8 Å². The smallest absolute Gasteiger partial charge is 0.133 e. The van der Waals surface area contributed by atoms with Gasteiger partial charge in [-0.25, -0.2) is 0 Å². The molecule has 1 aromatic carbocycles. The molecule has 0 aromatic heterocycles. The summed E-state index contributed by atoms with van der Waals surface area (Å²) in [6.45, 7) is 7.80. The minimum Gasteiger partial charge on any atom is -0.496 e. The average Bonchev–Trinajstić information content (AvgIpc) is 2.36. The quantitative estimate of drug-likeness (QED) is 0.763. The van der Waals surface area contributed by atoms with Crippen LogP contribution in [0.4, 0.5) is 0 Å². The lowest BCUT2D eigenvalue weighted by Crippen LogP contribution is -2.30. The van der Waals surface area contributed by atoms with Crippen molar-refractivity contribution in [2.24, 2.45) is 5.92 Å². The molecule has 19 heavy (non-hydrogen) atoms. The fraction of sp³-hybridized carbons (Fsp3) is 0.625. The highest BCUT2D eigenvalue weighted by Gasteiger charge is 2.10. The van der Waals surface area contributed by atoms with E-state index in [1.807, 2.05) is 6.07 Å². The summed E-state index contributed by atoms with van der Waals surface area (Å²) in [5.74, 6) is 1.64. The molecule has 1 rings (SSSR count). The number of nitrogens with one attached hydrogen (secondary N) is 1. The highest BCUT2D eigenvalue weighted by molar-refractivity contribution is 9.10. The van der Waals surface area contributed by atoms with Crippen LogP contribution in [0.1, 0.15) is 39.2 Å². The van der Waals surface area contributed by atoms with Gasteiger partial charge in [-0.2, -0.15) is 0 Å². The van der Waals surface area contributed by atoms with E-state index in [2.05, 4.69) is 54.2 Å². The molecule has 0 spiro atoms. The molecule has 0 saturated heterocycles. The van der Waals surface area contributed by atoms with E-state index in [0.717, 1.165) is 29.1 Å². The minimum atomic E-state index is 0.617. The number of halogens is 1. The molecule has 1 aromatic rings. The predicted molar refractivity (Wildman–Crippen MR) is 85.9 cm³/mol. The van der Waals surface area contributed by atoms with Gasteiger partial charge in [0.15, 0.2) is 0 Å². The average molecular weight is 328 g/mol. The first-order valence-electron chi connectivity index (χ1n) is 7.12. The Hall–Kier alpha value is -0.540. The van der Waals surface area contributed by atoms with Crippen LogP contribution >= 0.6 is 15.9 Å². The van der Waals surface area contributed by atoms with Gasteiger partial charge < -0.3 is 10.1 Å². The van der Waals surface area contributed by atoms with Crippen LogP contribution in [-0.2, 0) is 6.42 Å². The molecule has 108 valence electrons. The van der Waals surface area contributed by atoms with E-state index in [1.54, 1.807) is 7.11 Å². The topological polar surface area (TPSA) is 21.3 Å². The van der Waals surface area contributed by atoms with Crippen LogP contribution in [0.5, 0.6) is 5.75 Å². The maximum Gasteiger partial charge on any atom is 0.133 e. The van der Waals surface area contributed by atoms with Crippen molar-refractivity contribution in [2.45, 2.75) is 46.1 Å². The summed E-state index contributed by atoms with van der Waals surface area (Å²) in [7, 11) is 1.70. The SMILES string of the molecule is CCNC(CCc1ccc(OC)c(Br)c1)CC(C)C. The summed E-state index contributed by atoms with van der Waals surface area (Å²) < 4.78 is 6.30. The molecule has 0 bridgehead atoms. The van der Waals surface area contributed by atoms with E-state index >= 15 is 0 Å². The Morgan fingerprint density at radius 1 is 1.32 bits per heavy atom. The van der Waals surface area contributed by atoms with Crippen LogP contribution in [0.25, 0.3) is 0 Å². The number of benzene rings is 1. The lowest BCUT2D eigenvalue weighted by molar-refractivity contribution is 0.404. The van der Waals surface area contributed by atoms with E-state index in [0.29, 0.717) is 6.04 Å². The Morgan fingerprint density at radius 2 is 2.05 bits per heavy atom. The molecule has 0 aliphatic rings. The summed E-state index contributed by atoms with van der Waals surface area (Å²) >= 11 is 3.54. The van der Waals surface area contributed by atoms with E-state index in [9.17, 15) is 0 Å². The molecule has 0 fully saturated rings. The first kappa shape index (κ1) is 16.5. The van der Waals surface area contributed by atoms with Gasteiger partial charge >= 0.3 is 0 Å². The predicted octanol–water partition coefficient (Wildman–Crippen LogP) is 4.41. The summed E-state index contributed by atoms with van der Waals surface area (Å²) in [4.78, 5) is 0. The third-order valence-corrected chi connectivity index (χ3v) is 3.87. The zero-order valence-corrected chi connectivity index (χ0v) is 14.1. The number of hydrogen-bond donors (Lipinski definition) is 1. The Kier molecular flexibility index (Phi) is 7.47. The van der Waals surface area contributed by atoms with Crippen molar-refractivity contribution in [1.29, 1.82) is 0 Å².